The maximum Gasteiger partial charge on any atom is 0.272 e. The number of piperazine rings is 1. The summed E-state index contributed by atoms with van der Waals surface area (Å²) >= 11 is 0. The largest absolute Gasteiger partial charge is 0.369 e. The van der Waals surface area contributed by atoms with Gasteiger partial charge in [0.1, 0.15) is 5.69 Å². The van der Waals surface area contributed by atoms with E-state index in [1.165, 1.54) is 0 Å². The van der Waals surface area contributed by atoms with Gasteiger partial charge in [0, 0.05) is 51.2 Å². The zero-order valence-corrected chi connectivity index (χ0v) is 12.7. The molecule has 0 aromatic carbocycles. The summed E-state index contributed by atoms with van der Waals surface area (Å²) < 4.78 is 0. The molecule has 0 unspecified atom stereocenters. The zero-order valence-electron chi connectivity index (χ0n) is 12.7. The maximum absolute atomic E-state index is 12.3. The lowest BCUT2D eigenvalue weighted by Crippen LogP contribution is -2.44. The first-order chi connectivity index (χ1) is 9.65. The molecule has 0 N–H and O–H groups in total. The number of aromatic nitrogens is 1. The third-order valence-corrected chi connectivity index (χ3v) is 3.88. The Morgan fingerprint density at radius 2 is 1.90 bits per heavy atom. The van der Waals surface area contributed by atoms with Gasteiger partial charge in [-0.25, -0.2) is 0 Å². The Bertz CT molecular complexity index is 451. The van der Waals surface area contributed by atoms with E-state index in [4.69, 9.17) is 0 Å². The van der Waals surface area contributed by atoms with Crippen LogP contribution in [0.4, 0.5) is 5.69 Å². The van der Waals surface area contributed by atoms with E-state index in [9.17, 15) is 4.79 Å². The molecule has 0 bridgehead atoms. The molecule has 0 radical (unpaired) electrons. The summed E-state index contributed by atoms with van der Waals surface area (Å²) in [5.74, 6) is 0.0194. The van der Waals surface area contributed by atoms with Crippen molar-refractivity contribution in [3.05, 3.63) is 24.0 Å². The summed E-state index contributed by atoms with van der Waals surface area (Å²) in [6.07, 6.45) is 1.74. The lowest BCUT2D eigenvalue weighted by atomic mass is 10.2. The Labute approximate surface area is 121 Å². The Morgan fingerprint density at radius 3 is 2.50 bits per heavy atom. The fraction of sp³-hybridized carbons (Fsp3) is 0.600. The first kappa shape index (κ1) is 14.8. The standard InChI is InChI=1S/C15H24N4O/c1-4-18(5-2)15(20)14-12-13(6-7-16-14)19-10-8-17(3)9-11-19/h6-7,12H,4-5,8-11H2,1-3H3. The summed E-state index contributed by atoms with van der Waals surface area (Å²) in [6.45, 7) is 9.53. The van der Waals surface area contributed by atoms with E-state index in [1.807, 2.05) is 26.0 Å². The van der Waals surface area contributed by atoms with Gasteiger partial charge in [0.2, 0.25) is 0 Å². The molecule has 1 aromatic heterocycles. The van der Waals surface area contributed by atoms with Crippen LogP contribution in [0, 0.1) is 0 Å². The number of likely N-dealkylation sites (N-methyl/N-ethyl adjacent to an activating group) is 1. The highest BCUT2D eigenvalue weighted by Gasteiger charge is 2.18. The summed E-state index contributed by atoms with van der Waals surface area (Å²) in [5, 5.41) is 0. The van der Waals surface area contributed by atoms with Crippen molar-refractivity contribution in [2.45, 2.75) is 13.8 Å². The van der Waals surface area contributed by atoms with E-state index in [2.05, 4.69) is 21.8 Å². The van der Waals surface area contributed by atoms with E-state index in [0.717, 1.165) is 45.0 Å². The minimum absolute atomic E-state index is 0.0194. The highest BCUT2D eigenvalue weighted by Crippen LogP contribution is 2.17. The SMILES string of the molecule is CCN(CC)C(=O)c1cc(N2CCN(C)CC2)ccn1. The van der Waals surface area contributed by atoms with Crippen molar-refractivity contribution in [3.8, 4) is 0 Å². The number of nitrogens with zero attached hydrogens (tertiary/aromatic N) is 4. The number of carbonyl (C=O) groups excluding carboxylic acids is 1. The second-order valence-electron chi connectivity index (χ2n) is 5.17. The number of hydrogen-bond acceptors (Lipinski definition) is 4. The number of rotatable bonds is 4. The van der Waals surface area contributed by atoms with Crippen LogP contribution in [0.1, 0.15) is 24.3 Å². The van der Waals surface area contributed by atoms with Crippen LogP contribution in [-0.2, 0) is 0 Å². The summed E-state index contributed by atoms with van der Waals surface area (Å²) in [5.41, 5.74) is 1.65. The molecule has 0 saturated carbocycles. The molecular weight excluding hydrogens is 252 g/mol. The number of hydrogen-bond donors (Lipinski definition) is 0. The molecule has 0 spiro atoms. The predicted octanol–water partition coefficient (Wildman–Crippen LogP) is 1.32. The van der Waals surface area contributed by atoms with Gasteiger partial charge < -0.3 is 14.7 Å². The van der Waals surface area contributed by atoms with Gasteiger partial charge in [-0.05, 0) is 33.0 Å². The molecular formula is C15H24N4O. The molecule has 5 nitrogen and oxygen atoms in total. The van der Waals surface area contributed by atoms with Gasteiger partial charge in [-0.2, -0.15) is 0 Å². The van der Waals surface area contributed by atoms with Crippen molar-refractivity contribution < 1.29 is 4.79 Å². The highest BCUT2D eigenvalue weighted by atomic mass is 16.2. The van der Waals surface area contributed by atoms with Crippen molar-refractivity contribution >= 4 is 11.6 Å². The minimum Gasteiger partial charge on any atom is -0.369 e. The molecule has 110 valence electrons. The van der Waals surface area contributed by atoms with Crippen LogP contribution >= 0.6 is 0 Å². The van der Waals surface area contributed by atoms with Gasteiger partial charge in [0.25, 0.3) is 5.91 Å². The van der Waals surface area contributed by atoms with Crippen molar-refractivity contribution in [2.24, 2.45) is 0 Å². The first-order valence-corrected chi connectivity index (χ1v) is 7.34. The predicted molar refractivity (Wildman–Crippen MR) is 81.2 cm³/mol. The molecule has 1 amide bonds. The summed E-state index contributed by atoms with van der Waals surface area (Å²) in [4.78, 5) is 23.0. The van der Waals surface area contributed by atoms with Crippen molar-refractivity contribution in [1.82, 2.24) is 14.8 Å². The average molecular weight is 276 g/mol. The molecule has 1 aliphatic heterocycles. The third kappa shape index (κ3) is 3.28. The zero-order chi connectivity index (χ0) is 14.5. The molecule has 2 heterocycles. The van der Waals surface area contributed by atoms with Gasteiger partial charge in [0.15, 0.2) is 0 Å². The molecule has 0 aliphatic carbocycles. The molecule has 0 atom stereocenters. The first-order valence-electron chi connectivity index (χ1n) is 7.34. The van der Waals surface area contributed by atoms with Gasteiger partial charge in [0.05, 0.1) is 0 Å². The van der Waals surface area contributed by atoms with Gasteiger partial charge in [-0.1, -0.05) is 0 Å². The normalized spacial score (nSPS) is 16.2. The smallest absolute Gasteiger partial charge is 0.272 e. The van der Waals surface area contributed by atoms with E-state index >= 15 is 0 Å². The van der Waals surface area contributed by atoms with E-state index in [1.54, 1.807) is 11.1 Å². The summed E-state index contributed by atoms with van der Waals surface area (Å²) in [7, 11) is 2.14. The lowest BCUT2D eigenvalue weighted by molar-refractivity contribution is 0.0767. The molecule has 20 heavy (non-hydrogen) atoms. The van der Waals surface area contributed by atoms with Crippen LogP contribution in [0.3, 0.4) is 0 Å². The van der Waals surface area contributed by atoms with Gasteiger partial charge in [-0.3, -0.25) is 9.78 Å². The second-order valence-corrected chi connectivity index (χ2v) is 5.17. The van der Waals surface area contributed by atoms with E-state index in [0.29, 0.717) is 5.69 Å². The van der Waals surface area contributed by atoms with Crippen molar-refractivity contribution in [3.63, 3.8) is 0 Å². The number of carbonyl (C=O) groups is 1. The average Bonchev–Trinajstić information content (AvgIpc) is 2.49. The summed E-state index contributed by atoms with van der Waals surface area (Å²) in [6, 6.07) is 3.91. The quantitative estimate of drug-likeness (QED) is 0.831. The van der Waals surface area contributed by atoms with E-state index in [-0.39, 0.29) is 5.91 Å². The Kier molecular flexibility index (Phi) is 4.95. The molecule has 1 aromatic rings. The monoisotopic (exact) mass is 276 g/mol. The molecule has 5 heteroatoms. The van der Waals surface area contributed by atoms with Crippen molar-refractivity contribution in [2.75, 3.05) is 51.2 Å². The number of amides is 1. The Balaban J connectivity index is 2.13. The molecule has 1 aliphatic rings. The highest BCUT2D eigenvalue weighted by molar-refractivity contribution is 5.93. The third-order valence-electron chi connectivity index (χ3n) is 3.88. The maximum atomic E-state index is 12.3. The van der Waals surface area contributed by atoms with Crippen LogP contribution in [0.5, 0.6) is 0 Å². The van der Waals surface area contributed by atoms with Gasteiger partial charge in [-0.15, -0.1) is 0 Å². The number of pyridine rings is 1. The van der Waals surface area contributed by atoms with E-state index < -0.39 is 0 Å². The van der Waals surface area contributed by atoms with Crippen LogP contribution in [0.2, 0.25) is 0 Å². The Hall–Kier alpha value is -1.62. The lowest BCUT2D eigenvalue weighted by Gasteiger charge is -2.34. The van der Waals surface area contributed by atoms with Gasteiger partial charge >= 0.3 is 0 Å². The number of anilines is 1. The second kappa shape index (κ2) is 6.70. The van der Waals surface area contributed by atoms with Crippen LogP contribution in [0.15, 0.2) is 18.3 Å². The molecule has 1 fully saturated rings. The topological polar surface area (TPSA) is 39.7 Å². The minimum atomic E-state index is 0.0194. The Morgan fingerprint density at radius 1 is 1.25 bits per heavy atom. The van der Waals surface area contributed by atoms with Crippen LogP contribution in [0.25, 0.3) is 0 Å². The molecule has 1 saturated heterocycles. The fourth-order valence-corrected chi connectivity index (χ4v) is 2.47. The fourth-order valence-electron chi connectivity index (χ4n) is 2.47. The van der Waals surface area contributed by atoms with Crippen LogP contribution < -0.4 is 4.90 Å². The van der Waals surface area contributed by atoms with Crippen LogP contribution in [-0.4, -0.2) is 67.0 Å². The molecule has 2 rings (SSSR count). The van der Waals surface area contributed by atoms with Crippen molar-refractivity contribution in [1.29, 1.82) is 0 Å².